The predicted molar refractivity (Wildman–Crippen MR) is 71.6 cm³/mol. The van der Waals surface area contributed by atoms with E-state index < -0.39 is 24.7 Å². The zero-order valence-corrected chi connectivity index (χ0v) is 11.8. The van der Waals surface area contributed by atoms with Crippen LogP contribution >= 0.6 is 0 Å². The predicted octanol–water partition coefficient (Wildman–Crippen LogP) is 3.32. The van der Waals surface area contributed by atoms with E-state index >= 15 is 0 Å². The summed E-state index contributed by atoms with van der Waals surface area (Å²) in [6.07, 6.45) is -2.99. The topological polar surface area (TPSA) is 29.5 Å². The molecule has 0 saturated heterocycles. The lowest BCUT2D eigenvalue weighted by molar-refractivity contribution is -0.166. The van der Waals surface area contributed by atoms with Crippen molar-refractivity contribution in [3.05, 3.63) is 35.9 Å². The SMILES string of the molecule is CCOC(=O)C(c1ccccc1)N(CC(F)(F)F)C1CC1. The molecule has 1 saturated carbocycles. The second kappa shape index (κ2) is 6.47. The number of carbonyl (C=O) groups excluding carboxylic acids is 1. The Labute approximate surface area is 121 Å². The van der Waals surface area contributed by atoms with Crippen molar-refractivity contribution in [1.82, 2.24) is 4.90 Å². The number of benzene rings is 1. The molecule has 116 valence electrons. The van der Waals surface area contributed by atoms with Gasteiger partial charge >= 0.3 is 12.1 Å². The van der Waals surface area contributed by atoms with E-state index in [1.165, 1.54) is 4.90 Å². The molecule has 1 atom stereocenters. The monoisotopic (exact) mass is 301 g/mol. The Morgan fingerprint density at radius 2 is 1.95 bits per heavy atom. The summed E-state index contributed by atoms with van der Waals surface area (Å²) in [7, 11) is 0. The van der Waals surface area contributed by atoms with Crippen LogP contribution in [0.15, 0.2) is 30.3 Å². The van der Waals surface area contributed by atoms with Crippen molar-refractivity contribution in [3.8, 4) is 0 Å². The molecular formula is C15H18F3NO2. The van der Waals surface area contributed by atoms with E-state index in [-0.39, 0.29) is 12.6 Å². The molecule has 1 unspecified atom stereocenters. The van der Waals surface area contributed by atoms with E-state index in [0.717, 1.165) is 0 Å². The molecule has 1 aromatic rings. The second-order valence-electron chi connectivity index (χ2n) is 5.08. The molecule has 1 fully saturated rings. The van der Waals surface area contributed by atoms with Crippen molar-refractivity contribution < 1.29 is 22.7 Å². The normalized spacial score (nSPS) is 16.8. The summed E-state index contributed by atoms with van der Waals surface area (Å²) in [4.78, 5) is 13.4. The quantitative estimate of drug-likeness (QED) is 0.755. The fourth-order valence-electron chi connectivity index (χ4n) is 2.36. The lowest BCUT2D eigenvalue weighted by Gasteiger charge is -2.31. The molecule has 2 rings (SSSR count). The van der Waals surface area contributed by atoms with Crippen LogP contribution in [0.5, 0.6) is 0 Å². The van der Waals surface area contributed by atoms with E-state index in [0.29, 0.717) is 18.4 Å². The fourth-order valence-corrected chi connectivity index (χ4v) is 2.36. The highest BCUT2D eigenvalue weighted by Gasteiger charge is 2.44. The number of nitrogens with zero attached hydrogens (tertiary/aromatic N) is 1. The summed E-state index contributed by atoms with van der Waals surface area (Å²) >= 11 is 0. The van der Waals surface area contributed by atoms with Crippen LogP contribution in [-0.2, 0) is 9.53 Å². The van der Waals surface area contributed by atoms with Crippen LogP contribution in [0.25, 0.3) is 0 Å². The van der Waals surface area contributed by atoms with Crippen molar-refractivity contribution in [2.24, 2.45) is 0 Å². The Morgan fingerprint density at radius 1 is 1.33 bits per heavy atom. The lowest BCUT2D eigenvalue weighted by Crippen LogP contribution is -2.42. The molecule has 0 radical (unpaired) electrons. The van der Waals surface area contributed by atoms with Crippen LogP contribution in [-0.4, -0.2) is 36.2 Å². The zero-order valence-electron chi connectivity index (χ0n) is 11.8. The second-order valence-corrected chi connectivity index (χ2v) is 5.08. The summed E-state index contributed by atoms with van der Waals surface area (Å²) in [5.41, 5.74) is 0.534. The molecule has 0 aliphatic heterocycles. The minimum absolute atomic E-state index is 0.146. The smallest absolute Gasteiger partial charge is 0.401 e. The summed E-state index contributed by atoms with van der Waals surface area (Å²) in [6, 6.07) is 7.29. The third-order valence-corrected chi connectivity index (χ3v) is 3.33. The molecule has 21 heavy (non-hydrogen) atoms. The molecule has 0 amide bonds. The van der Waals surface area contributed by atoms with E-state index in [2.05, 4.69) is 0 Å². The molecule has 0 aromatic heterocycles. The van der Waals surface area contributed by atoms with Crippen molar-refractivity contribution in [1.29, 1.82) is 0 Å². The van der Waals surface area contributed by atoms with Crippen molar-refractivity contribution in [2.75, 3.05) is 13.2 Å². The maximum atomic E-state index is 12.8. The molecule has 1 aliphatic carbocycles. The van der Waals surface area contributed by atoms with Gasteiger partial charge in [-0.05, 0) is 25.3 Å². The first-order valence-corrected chi connectivity index (χ1v) is 6.96. The third kappa shape index (κ3) is 4.46. The molecule has 1 aliphatic rings. The maximum absolute atomic E-state index is 12.8. The number of halogens is 3. The maximum Gasteiger partial charge on any atom is 0.401 e. The number of ether oxygens (including phenoxy) is 1. The van der Waals surface area contributed by atoms with Gasteiger partial charge in [-0.25, -0.2) is 4.79 Å². The van der Waals surface area contributed by atoms with Gasteiger partial charge in [0, 0.05) is 6.04 Å². The van der Waals surface area contributed by atoms with Gasteiger partial charge in [-0.15, -0.1) is 0 Å². The molecule has 3 nitrogen and oxygen atoms in total. The first-order valence-electron chi connectivity index (χ1n) is 6.96. The van der Waals surface area contributed by atoms with Gasteiger partial charge < -0.3 is 4.74 Å². The summed E-state index contributed by atoms with van der Waals surface area (Å²) < 4.78 is 43.5. The Hall–Kier alpha value is -1.56. The van der Waals surface area contributed by atoms with Gasteiger partial charge in [-0.1, -0.05) is 30.3 Å². The summed E-state index contributed by atoms with van der Waals surface area (Å²) in [5.74, 6) is -0.625. The largest absolute Gasteiger partial charge is 0.465 e. The van der Waals surface area contributed by atoms with E-state index in [1.807, 2.05) is 0 Å². The number of esters is 1. The number of rotatable bonds is 6. The minimum atomic E-state index is -4.35. The van der Waals surface area contributed by atoms with Crippen molar-refractivity contribution in [3.63, 3.8) is 0 Å². The molecule has 0 spiro atoms. The molecule has 0 N–H and O–H groups in total. The first-order chi connectivity index (χ1) is 9.92. The van der Waals surface area contributed by atoms with Gasteiger partial charge in [-0.3, -0.25) is 4.90 Å². The highest BCUT2D eigenvalue weighted by atomic mass is 19.4. The lowest BCUT2D eigenvalue weighted by atomic mass is 10.0. The zero-order chi connectivity index (χ0) is 15.5. The molecule has 1 aromatic carbocycles. The number of hydrogen-bond donors (Lipinski definition) is 0. The Morgan fingerprint density at radius 3 is 2.43 bits per heavy atom. The van der Waals surface area contributed by atoms with Crippen LogP contribution in [0.1, 0.15) is 31.4 Å². The molecular weight excluding hydrogens is 283 g/mol. The van der Waals surface area contributed by atoms with E-state index in [4.69, 9.17) is 4.74 Å². The van der Waals surface area contributed by atoms with Gasteiger partial charge in [0.1, 0.15) is 6.04 Å². The minimum Gasteiger partial charge on any atom is -0.465 e. The van der Waals surface area contributed by atoms with Gasteiger partial charge in [0.05, 0.1) is 13.2 Å². The van der Waals surface area contributed by atoms with Gasteiger partial charge in [0.2, 0.25) is 0 Å². The number of carbonyl (C=O) groups is 1. The number of alkyl halides is 3. The number of hydrogen-bond acceptors (Lipinski definition) is 3. The molecule has 0 heterocycles. The van der Waals surface area contributed by atoms with Gasteiger partial charge in [0.25, 0.3) is 0 Å². The van der Waals surface area contributed by atoms with Crippen molar-refractivity contribution >= 4 is 5.97 Å². The van der Waals surface area contributed by atoms with E-state index in [1.54, 1.807) is 37.3 Å². The standard InChI is InChI=1S/C15H18F3NO2/c1-2-21-14(20)13(11-6-4-3-5-7-11)19(12-8-9-12)10-15(16,17)18/h3-7,12-13H,2,8-10H2,1H3. The highest BCUT2D eigenvalue weighted by molar-refractivity contribution is 5.77. The van der Waals surface area contributed by atoms with Gasteiger partial charge in [-0.2, -0.15) is 13.2 Å². The average molecular weight is 301 g/mol. The Kier molecular flexibility index (Phi) is 4.88. The first kappa shape index (κ1) is 15.8. The van der Waals surface area contributed by atoms with Gasteiger partial charge in [0.15, 0.2) is 0 Å². The Balaban J connectivity index is 2.29. The summed E-state index contributed by atoms with van der Waals surface area (Å²) in [5, 5.41) is 0. The van der Waals surface area contributed by atoms with Crippen LogP contribution in [0.2, 0.25) is 0 Å². The third-order valence-electron chi connectivity index (χ3n) is 3.33. The van der Waals surface area contributed by atoms with Crippen LogP contribution in [0, 0.1) is 0 Å². The van der Waals surface area contributed by atoms with Crippen LogP contribution in [0.4, 0.5) is 13.2 Å². The average Bonchev–Trinajstić information content (AvgIpc) is 3.22. The highest BCUT2D eigenvalue weighted by Crippen LogP contribution is 2.37. The Bertz CT molecular complexity index is 472. The van der Waals surface area contributed by atoms with E-state index in [9.17, 15) is 18.0 Å². The molecule has 0 bridgehead atoms. The van der Waals surface area contributed by atoms with Crippen LogP contribution < -0.4 is 0 Å². The van der Waals surface area contributed by atoms with Crippen LogP contribution in [0.3, 0.4) is 0 Å². The summed E-state index contributed by atoms with van der Waals surface area (Å²) in [6.45, 7) is 0.688. The molecule has 6 heteroatoms. The fraction of sp³-hybridized carbons (Fsp3) is 0.533. The van der Waals surface area contributed by atoms with Crippen molar-refractivity contribution in [2.45, 2.75) is 38.0 Å².